The van der Waals surface area contributed by atoms with Crippen molar-refractivity contribution in [1.29, 1.82) is 5.26 Å². The second kappa shape index (κ2) is 7.59. The molecule has 1 aliphatic carbocycles. The van der Waals surface area contributed by atoms with Crippen LogP contribution in [0.25, 0.3) is 0 Å². The number of hydrogen-bond donors (Lipinski definition) is 2. The highest BCUT2D eigenvalue weighted by Gasteiger charge is 2.42. The number of nitrogens with zero attached hydrogens (tertiary/aromatic N) is 2. The molecule has 1 saturated carbocycles. The van der Waals surface area contributed by atoms with Crippen molar-refractivity contribution >= 4 is 23.2 Å². The molecule has 2 amide bonds. The first-order chi connectivity index (χ1) is 14.0. The monoisotopic (exact) mass is 388 g/mol. The highest BCUT2D eigenvalue weighted by Crippen LogP contribution is 2.39. The maximum atomic E-state index is 13.0. The summed E-state index contributed by atoms with van der Waals surface area (Å²) in [6, 6.07) is 17.4. The Labute approximate surface area is 170 Å². The van der Waals surface area contributed by atoms with Crippen LogP contribution in [-0.4, -0.2) is 30.4 Å². The Morgan fingerprint density at radius 3 is 2.76 bits per heavy atom. The molecule has 4 rings (SSSR count). The SMILES string of the molecule is CC(C#N)(NC(=O)CNc1cccc(C(=O)N2CCc3ccccc32)c1)C1CC1. The van der Waals surface area contributed by atoms with E-state index in [0.717, 1.165) is 24.9 Å². The lowest BCUT2D eigenvalue weighted by Crippen LogP contribution is -2.48. The first-order valence-corrected chi connectivity index (χ1v) is 9.96. The maximum absolute atomic E-state index is 13.0. The Balaban J connectivity index is 1.40. The molecule has 0 radical (unpaired) electrons. The van der Waals surface area contributed by atoms with Crippen molar-refractivity contribution in [2.45, 2.75) is 31.7 Å². The van der Waals surface area contributed by atoms with E-state index in [9.17, 15) is 14.9 Å². The van der Waals surface area contributed by atoms with Gasteiger partial charge in [-0.15, -0.1) is 0 Å². The van der Waals surface area contributed by atoms with Crippen molar-refractivity contribution in [2.75, 3.05) is 23.3 Å². The summed E-state index contributed by atoms with van der Waals surface area (Å²) in [7, 11) is 0. The van der Waals surface area contributed by atoms with Crippen LogP contribution in [0, 0.1) is 17.2 Å². The second-order valence-electron chi connectivity index (χ2n) is 7.91. The van der Waals surface area contributed by atoms with Gasteiger partial charge < -0.3 is 15.5 Å². The van der Waals surface area contributed by atoms with Crippen molar-refractivity contribution in [3.63, 3.8) is 0 Å². The van der Waals surface area contributed by atoms with E-state index in [1.807, 2.05) is 24.3 Å². The van der Waals surface area contributed by atoms with Crippen molar-refractivity contribution in [3.05, 3.63) is 59.7 Å². The average molecular weight is 388 g/mol. The minimum absolute atomic E-state index is 0.0474. The summed E-state index contributed by atoms with van der Waals surface area (Å²) in [5.74, 6) is -0.0410. The minimum Gasteiger partial charge on any atom is -0.376 e. The number of carbonyl (C=O) groups is 2. The van der Waals surface area contributed by atoms with Crippen LogP contribution in [0.4, 0.5) is 11.4 Å². The third-order valence-electron chi connectivity index (χ3n) is 5.72. The van der Waals surface area contributed by atoms with Gasteiger partial charge in [-0.3, -0.25) is 9.59 Å². The Kier molecular flexibility index (Phi) is 4.98. The summed E-state index contributed by atoms with van der Waals surface area (Å²) in [5, 5.41) is 15.3. The molecule has 148 valence electrons. The predicted octanol–water partition coefficient (Wildman–Crippen LogP) is 3.11. The summed E-state index contributed by atoms with van der Waals surface area (Å²) in [6.45, 7) is 2.50. The molecular weight excluding hydrogens is 364 g/mol. The normalized spacial score (nSPS) is 17.0. The summed E-state index contributed by atoms with van der Waals surface area (Å²) < 4.78 is 0. The standard InChI is InChI=1S/C23H24N4O2/c1-23(15-24,18-9-10-18)26-21(28)14-25-19-7-4-6-17(13-19)22(29)27-12-11-16-5-2-3-8-20(16)27/h2-8,13,18,25H,9-12,14H2,1H3,(H,26,28). The molecule has 1 atom stereocenters. The molecule has 6 nitrogen and oxygen atoms in total. The van der Waals surface area contributed by atoms with Crippen LogP contribution in [0.1, 0.15) is 35.7 Å². The summed E-state index contributed by atoms with van der Waals surface area (Å²) in [5.41, 5.74) is 2.62. The number of benzene rings is 2. The molecule has 6 heteroatoms. The van der Waals surface area contributed by atoms with Crippen LogP contribution in [-0.2, 0) is 11.2 Å². The number of para-hydroxylation sites is 1. The Bertz CT molecular complexity index is 992. The van der Waals surface area contributed by atoms with Gasteiger partial charge in [-0.05, 0) is 61.9 Å². The van der Waals surface area contributed by atoms with Gasteiger partial charge in [0.2, 0.25) is 5.91 Å². The predicted molar refractivity (Wildman–Crippen MR) is 112 cm³/mol. The van der Waals surface area contributed by atoms with Gasteiger partial charge in [0.25, 0.3) is 5.91 Å². The quantitative estimate of drug-likeness (QED) is 0.796. The van der Waals surface area contributed by atoms with Crippen LogP contribution in [0.2, 0.25) is 0 Å². The zero-order chi connectivity index (χ0) is 20.4. The van der Waals surface area contributed by atoms with Crippen molar-refractivity contribution < 1.29 is 9.59 Å². The number of rotatable bonds is 6. The molecule has 0 bridgehead atoms. The van der Waals surface area contributed by atoms with Gasteiger partial charge in [-0.25, -0.2) is 0 Å². The topological polar surface area (TPSA) is 85.2 Å². The molecule has 0 aromatic heterocycles. The van der Waals surface area contributed by atoms with Gasteiger partial charge in [-0.2, -0.15) is 5.26 Å². The third-order valence-corrected chi connectivity index (χ3v) is 5.72. The van der Waals surface area contributed by atoms with Gasteiger partial charge >= 0.3 is 0 Å². The van der Waals surface area contributed by atoms with Crippen LogP contribution >= 0.6 is 0 Å². The molecule has 1 fully saturated rings. The Morgan fingerprint density at radius 2 is 2.00 bits per heavy atom. The Hall–Kier alpha value is -3.33. The molecule has 0 saturated heterocycles. The van der Waals surface area contributed by atoms with Gasteiger partial charge in [0.1, 0.15) is 5.54 Å². The molecule has 1 aliphatic heterocycles. The Morgan fingerprint density at radius 1 is 1.21 bits per heavy atom. The summed E-state index contributed by atoms with van der Waals surface area (Å²) in [4.78, 5) is 27.1. The maximum Gasteiger partial charge on any atom is 0.258 e. The number of carbonyl (C=O) groups excluding carboxylic acids is 2. The lowest BCUT2D eigenvalue weighted by Gasteiger charge is -2.23. The molecule has 2 N–H and O–H groups in total. The van der Waals surface area contributed by atoms with E-state index in [0.29, 0.717) is 17.8 Å². The largest absolute Gasteiger partial charge is 0.376 e. The van der Waals surface area contributed by atoms with Crippen molar-refractivity contribution in [3.8, 4) is 6.07 Å². The number of fused-ring (bicyclic) bond motifs is 1. The molecular formula is C23H24N4O2. The minimum atomic E-state index is -0.806. The molecule has 2 aromatic carbocycles. The van der Waals surface area contributed by atoms with Crippen LogP contribution < -0.4 is 15.5 Å². The van der Waals surface area contributed by atoms with E-state index in [1.165, 1.54) is 5.56 Å². The molecule has 2 aliphatic rings. The summed E-state index contributed by atoms with van der Waals surface area (Å²) in [6.07, 6.45) is 2.81. The van der Waals surface area contributed by atoms with Crippen LogP contribution in [0.3, 0.4) is 0 Å². The first-order valence-electron chi connectivity index (χ1n) is 9.96. The third kappa shape index (κ3) is 3.95. The van der Waals surface area contributed by atoms with E-state index in [1.54, 1.807) is 30.0 Å². The van der Waals surface area contributed by atoms with E-state index >= 15 is 0 Å². The molecule has 1 heterocycles. The zero-order valence-corrected chi connectivity index (χ0v) is 16.4. The molecule has 1 unspecified atom stereocenters. The van der Waals surface area contributed by atoms with Crippen molar-refractivity contribution in [2.24, 2.45) is 5.92 Å². The second-order valence-corrected chi connectivity index (χ2v) is 7.91. The van der Waals surface area contributed by atoms with Gasteiger partial charge in [0.05, 0.1) is 12.6 Å². The fourth-order valence-electron chi connectivity index (χ4n) is 3.87. The number of nitrogens with one attached hydrogen (secondary N) is 2. The zero-order valence-electron chi connectivity index (χ0n) is 16.4. The highest BCUT2D eigenvalue weighted by atomic mass is 16.2. The van der Waals surface area contributed by atoms with E-state index in [-0.39, 0.29) is 24.3 Å². The number of hydrogen-bond acceptors (Lipinski definition) is 4. The molecule has 2 aromatic rings. The van der Waals surface area contributed by atoms with Gasteiger partial charge in [0, 0.05) is 23.5 Å². The van der Waals surface area contributed by atoms with Crippen molar-refractivity contribution in [1.82, 2.24) is 5.32 Å². The van der Waals surface area contributed by atoms with Crippen LogP contribution in [0.15, 0.2) is 48.5 Å². The van der Waals surface area contributed by atoms with Gasteiger partial charge in [-0.1, -0.05) is 24.3 Å². The fraction of sp³-hybridized carbons (Fsp3) is 0.348. The summed E-state index contributed by atoms with van der Waals surface area (Å²) >= 11 is 0. The van der Waals surface area contributed by atoms with E-state index in [4.69, 9.17) is 0 Å². The number of amides is 2. The first kappa shape index (κ1) is 19.0. The lowest BCUT2D eigenvalue weighted by atomic mass is 9.98. The lowest BCUT2D eigenvalue weighted by molar-refractivity contribution is -0.120. The highest BCUT2D eigenvalue weighted by molar-refractivity contribution is 6.07. The number of nitriles is 1. The smallest absolute Gasteiger partial charge is 0.258 e. The van der Waals surface area contributed by atoms with E-state index < -0.39 is 5.54 Å². The molecule has 0 spiro atoms. The number of anilines is 2. The fourth-order valence-corrected chi connectivity index (χ4v) is 3.87. The van der Waals surface area contributed by atoms with E-state index in [2.05, 4.69) is 22.8 Å². The average Bonchev–Trinajstić information content (AvgIpc) is 3.52. The van der Waals surface area contributed by atoms with Crippen LogP contribution in [0.5, 0.6) is 0 Å². The van der Waals surface area contributed by atoms with Gasteiger partial charge in [0.15, 0.2) is 0 Å². The molecule has 29 heavy (non-hydrogen) atoms.